The van der Waals surface area contributed by atoms with Crippen molar-refractivity contribution in [1.29, 1.82) is 5.26 Å². The molecule has 0 radical (unpaired) electrons. The van der Waals surface area contributed by atoms with Gasteiger partial charge in [0.05, 0.1) is 11.6 Å². The first-order chi connectivity index (χ1) is 13.2. The second-order valence-corrected chi connectivity index (χ2v) is 7.77. The number of aryl methyl sites for hydroxylation is 2. The fourth-order valence-electron chi connectivity index (χ4n) is 4.75. The zero-order valence-electron chi connectivity index (χ0n) is 16.2. The van der Waals surface area contributed by atoms with Crippen molar-refractivity contribution in [3.63, 3.8) is 0 Å². The molecule has 5 nitrogen and oxygen atoms in total. The number of likely N-dealkylation sites (tertiary alicyclic amines) is 2. The van der Waals surface area contributed by atoms with E-state index in [1.165, 1.54) is 11.1 Å². The van der Waals surface area contributed by atoms with E-state index in [-0.39, 0.29) is 6.03 Å². The zero-order valence-corrected chi connectivity index (χ0v) is 16.2. The lowest BCUT2D eigenvalue weighted by Gasteiger charge is -2.29. The van der Waals surface area contributed by atoms with Crippen molar-refractivity contribution in [3.05, 3.63) is 35.5 Å². The van der Waals surface area contributed by atoms with Crippen LogP contribution in [0.1, 0.15) is 50.3 Å². The molecule has 2 amide bonds. The van der Waals surface area contributed by atoms with Gasteiger partial charge in [0.2, 0.25) is 0 Å². The van der Waals surface area contributed by atoms with Crippen molar-refractivity contribution in [1.82, 2.24) is 14.4 Å². The number of aromatic nitrogens is 1. The highest BCUT2D eigenvalue weighted by Gasteiger charge is 2.32. The van der Waals surface area contributed by atoms with Gasteiger partial charge in [-0.15, -0.1) is 0 Å². The predicted octanol–water partition coefficient (Wildman–Crippen LogP) is 4.15. The van der Waals surface area contributed by atoms with E-state index in [1.54, 1.807) is 0 Å². The van der Waals surface area contributed by atoms with E-state index >= 15 is 0 Å². The Labute approximate surface area is 161 Å². The molecule has 142 valence electrons. The van der Waals surface area contributed by atoms with Crippen LogP contribution in [0.2, 0.25) is 0 Å². The van der Waals surface area contributed by atoms with Gasteiger partial charge in [0.25, 0.3) is 0 Å². The Morgan fingerprint density at radius 1 is 1.19 bits per heavy atom. The maximum Gasteiger partial charge on any atom is 0.320 e. The van der Waals surface area contributed by atoms with Gasteiger partial charge in [-0.25, -0.2) is 4.79 Å². The number of urea groups is 1. The van der Waals surface area contributed by atoms with Crippen LogP contribution in [0, 0.1) is 11.3 Å². The Morgan fingerprint density at radius 2 is 2.00 bits per heavy atom. The zero-order chi connectivity index (χ0) is 18.8. The summed E-state index contributed by atoms with van der Waals surface area (Å²) >= 11 is 0. The second kappa shape index (κ2) is 7.64. The molecule has 1 unspecified atom stereocenters. The van der Waals surface area contributed by atoms with Crippen LogP contribution in [0.5, 0.6) is 0 Å². The minimum Gasteiger partial charge on any atom is -0.345 e. The molecule has 0 spiro atoms. The fraction of sp³-hybridized carbons (Fsp3) is 0.545. The molecule has 5 heteroatoms. The van der Waals surface area contributed by atoms with Gasteiger partial charge in [-0.2, -0.15) is 5.26 Å². The smallest absolute Gasteiger partial charge is 0.320 e. The lowest BCUT2D eigenvalue weighted by molar-refractivity contribution is 0.155. The first-order valence-electron chi connectivity index (χ1n) is 10.3. The van der Waals surface area contributed by atoms with Crippen molar-refractivity contribution in [2.75, 3.05) is 19.6 Å². The van der Waals surface area contributed by atoms with Gasteiger partial charge in [-0.1, -0.05) is 6.07 Å². The molecule has 2 fully saturated rings. The number of amides is 2. The van der Waals surface area contributed by atoms with Gasteiger partial charge < -0.3 is 14.4 Å². The number of benzene rings is 1. The molecule has 0 saturated carbocycles. The van der Waals surface area contributed by atoms with Gasteiger partial charge in [0, 0.05) is 43.4 Å². The van der Waals surface area contributed by atoms with Crippen molar-refractivity contribution in [2.45, 2.75) is 58.0 Å². The quantitative estimate of drug-likeness (QED) is 0.818. The Bertz CT molecular complexity index is 872. The van der Waals surface area contributed by atoms with E-state index in [0.717, 1.165) is 70.2 Å². The molecule has 0 bridgehead atoms. The maximum atomic E-state index is 12.8. The summed E-state index contributed by atoms with van der Waals surface area (Å²) in [5.74, 6) is 0. The topological polar surface area (TPSA) is 52.3 Å². The minimum absolute atomic E-state index is 0.254. The van der Waals surface area contributed by atoms with Gasteiger partial charge in [-0.05, 0) is 69.0 Å². The van der Waals surface area contributed by atoms with E-state index in [1.807, 2.05) is 23.1 Å². The SMILES string of the molecule is CCn1c(CCC2CCCN2C(=O)N2CCCC2)cc2ccc(C#N)cc21. The fourth-order valence-corrected chi connectivity index (χ4v) is 4.75. The number of fused-ring (bicyclic) bond motifs is 1. The lowest BCUT2D eigenvalue weighted by atomic mass is 10.1. The molecule has 1 aromatic carbocycles. The third kappa shape index (κ3) is 3.41. The number of nitriles is 1. The van der Waals surface area contributed by atoms with Crippen LogP contribution in [-0.2, 0) is 13.0 Å². The summed E-state index contributed by atoms with van der Waals surface area (Å²) in [4.78, 5) is 17.0. The van der Waals surface area contributed by atoms with Gasteiger partial charge in [0.15, 0.2) is 0 Å². The van der Waals surface area contributed by atoms with Crippen molar-refractivity contribution < 1.29 is 4.79 Å². The average molecular weight is 364 g/mol. The highest BCUT2D eigenvalue weighted by atomic mass is 16.2. The van der Waals surface area contributed by atoms with Gasteiger partial charge >= 0.3 is 6.03 Å². The van der Waals surface area contributed by atoms with E-state index in [9.17, 15) is 10.1 Å². The summed E-state index contributed by atoms with van der Waals surface area (Å²) in [5, 5.41) is 10.4. The lowest BCUT2D eigenvalue weighted by Crippen LogP contribution is -2.44. The predicted molar refractivity (Wildman–Crippen MR) is 107 cm³/mol. The number of nitrogens with zero attached hydrogens (tertiary/aromatic N) is 4. The van der Waals surface area contributed by atoms with E-state index in [0.29, 0.717) is 11.6 Å². The number of hydrogen-bond acceptors (Lipinski definition) is 2. The summed E-state index contributed by atoms with van der Waals surface area (Å²) in [6, 6.07) is 11.0. The van der Waals surface area contributed by atoms with Crippen molar-refractivity contribution >= 4 is 16.9 Å². The molecule has 1 atom stereocenters. The van der Waals surface area contributed by atoms with Crippen LogP contribution in [0.15, 0.2) is 24.3 Å². The minimum atomic E-state index is 0.254. The summed E-state index contributed by atoms with van der Waals surface area (Å²) < 4.78 is 2.32. The number of rotatable bonds is 4. The van der Waals surface area contributed by atoms with E-state index < -0.39 is 0 Å². The number of carbonyl (C=O) groups is 1. The maximum absolute atomic E-state index is 12.8. The first-order valence-corrected chi connectivity index (χ1v) is 10.3. The molecule has 0 aliphatic carbocycles. The first kappa shape index (κ1) is 17.9. The molecule has 27 heavy (non-hydrogen) atoms. The molecule has 2 aliphatic heterocycles. The van der Waals surface area contributed by atoms with E-state index in [2.05, 4.69) is 28.5 Å². The van der Waals surface area contributed by atoms with Crippen LogP contribution in [0.25, 0.3) is 10.9 Å². The van der Waals surface area contributed by atoms with Crippen molar-refractivity contribution in [3.8, 4) is 6.07 Å². The van der Waals surface area contributed by atoms with Crippen molar-refractivity contribution in [2.24, 2.45) is 0 Å². The molecule has 3 heterocycles. The number of hydrogen-bond donors (Lipinski definition) is 0. The second-order valence-electron chi connectivity index (χ2n) is 7.77. The highest BCUT2D eigenvalue weighted by Crippen LogP contribution is 2.27. The van der Waals surface area contributed by atoms with E-state index in [4.69, 9.17) is 0 Å². The molecule has 4 rings (SSSR count). The molecule has 2 aliphatic rings. The molecule has 1 aromatic heterocycles. The summed E-state index contributed by atoms with van der Waals surface area (Å²) in [7, 11) is 0. The van der Waals surface area contributed by atoms with Crippen LogP contribution in [0.3, 0.4) is 0 Å². The van der Waals surface area contributed by atoms with Gasteiger partial charge in [0.1, 0.15) is 0 Å². The Hall–Kier alpha value is -2.48. The van der Waals surface area contributed by atoms with Crippen LogP contribution in [0.4, 0.5) is 4.79 Å². The Morgan fingerprint density at radius 3 is 2.74 bits per heavy atom. The Balaban J connectivity index is 1.49. The molecule has 2 aromatic rings. The molecule has 2 saturated heterocycles. The normalized spacial score (nSPS) is 19.8. The highest BCUT2D eigenvalue weighted by molar-refractivity contribution is 5.82. The number of carbonyl (C=O) groups excluding carboxylic acids is 1. The molecular formula is C22H28N4O. The van der Waals surface area contributed by atoms with Gasteiger partial charge in [-0.3, -0.25) is 0 Å². The summed E-state index contributed by atoms with van der Waals surface area (Å²) in [6.45, 7) is 5.80. The summed E-state index contributed by atoms with van der Waals surface area (Å²) in [6.07, 6.45) is 6.51. The third-order valence-electron chi connectivity index (χ3n) is 6.17. The largest absolute Gasteiger partial charge is 0.345 e. The van der Waals surface area contributed by atoms with Crippen LogP contribution in [-0.4, -0.2) is 46.1 Å². The van der Waals surface area contributed by atoms with Crippen LogP contribution < -0.4 is 0 Å². The van der Waals surface area contributed by atoms with Crippen LogP contribution >= 0.6 is 0 Å². The average Bonchev–Trinajstić information content (AvgIpc) is 3.44. The Kier molecular flexibility index (Phi) is 5.07. The third-order valence-corrected chi connectivity index (χ3v) is 6.17. The molecule has 0 N–H and O–H groups in total. The monoisotopic (exact) mass is 364 g/mol. The standard InChI is InChI=1S/C22H28N4O/c1-2-25-20(15-18-8-7-17(16-23)14-21(18)25)10-9-19-6-5-13-26(19)22(27)24-11-3-4-12-24/h7-8,14-15,19H,2-6,9-13H2,1H3. The summed E-state index contributed by atoms with van der Waals surface area (Å²) in [5.41, 5.74) is 3.16. The molecular weight excluding hydrogens is 336 g/mol.